The SMILES string of the molecule is CC1=N[C@H](C#N)C(C#N)=N[C@@H](c2ccccc2)C1. The van der Waals surface area contributed by atoms with Crippen LogP contribution in [0.5, 0.6) is 0 Å². The van der Waals surface area contributed by atoms with Crippen molar-refractivity contribution in [3.63, 3.8) is 0 Å². The van der Waals surface area contributed by atoms with Gasteiger partial charge in [0.05, 0.1) is 12.1 Å². The van der Waals surface area contributed by atoms with Gasteiger partial charge < -0.3 is 0 Å². The molecule has 0 aromatic heterocycles. The van der Waals surface area contributed by atoms with Gasteiger partial charge in [0.25, 0.3) is 0 Å². The monoisotopic (exact) mass is 236 g/mol. The van der Waals surface area contributed by atoms with Crippen LogP contribution in [0.3, 0.4) is 0 Å². The van der Waals surface area contributed by atoms with Crippen LogP contribution < -0.4 is 0 Å². The van der Waals surface area contributed by atoms with Crippen LogP contribution in [-0.2, 0) is 0 Å². The highest BCUT2D eigenvalue weighted by Crippen LogP contribution is 2.24. The summed E-state index contributed by atoms with van der Waals surface area (Å²) in [5.74, 6) is 0. The number of hydrogen-bond donors (Lipinski definition) is 0. The van der Waals surface area contributed by atoms with Gasteiger partial charge in [0, 0.05) is 12.1 Å². The molecule has 1 aliphatic rings. The maximum Gasteiger partial charge on any atom is 0.187 e. The predicted molar refractivity (Wildman–Crippen MR) is 69.4 cm³/mol. The highest BCUT2D eigenvalue weighted by atomic mass is 14.9. The molecule has 18 heavy (non-hydrogen) atoms. The zero-order valence-corrected chi connectivity index (χ0v) is 10.0. The minimum absolute atomic E-state index is 0.122. The van der Waals surface area contributed by atoms with Crippen LogP contribution in [0.2, 0.25) is 0 Å². The van der Waals surface area contributed by atoms with Crippen molar-refractivity contribution in [2.45, 2.75) is 25.4 Å². The second-order valence-corrected chi connectivity index (χ2v) is 4.15. The highest BCUT2D eigenvalue weighted by molar-refractivity contribution is 6.06. The Morgan fingerprint density at radius 3 is 2.50 bits per heavy atom. The Balaban J connectivity index is 2.43. The van der Waals surface area contributed by atoms with Crippen LogP contribution in [0.25, 0.3) is 0 Å². The minimum atomic E-state index is -0.760. The quantitative estimate of drug-likeness (QED) is 0.751. The first-order chi connectivity index (χ1) is 8.74. The molecule has 0 saturated carbocycles. The molecule has 0 saturated heterocycles. The van der Waals surface area contributed by atoms with E-state index in [1.165, 1.54) is 0 Å². The van der Waals surface area contributed by atoms with Crippen molar-refractivity contribution >= 4 is 11.4 Å². The smallest absolute Gasteiger partial charge is 0.187 e. The molecule has 4 nitrogen and oxygen atoms in total. The summed E-state index contributed by atoms with van der Waals surface area (Å²) in [5.41, 5.74) is 2.09. The normalized spacial score (nSPS) is 23.1. The molecule has 0 fully saturated rings. The third-order valence-corrected chi connectivity index (χ3v) is 2.81. The van der Waals surface area contributed by atoms with Crippen molar-refractivity contribution in [3.05, 3.63) is 35.9 Å². The molecular weight excluding hydrogens is 224 g/mol. The van der Waals surface area contributed by atoms with Crippen molar-refractivity contribution in [2.75, 3.05) is 0 Å². The van der Waals surface area contributed by atoms with Crippen molar-refractivity contribution in [1.82, 2.24) is 0 Å². The van der Waals surface area contributed by atoms with Crippen LogP contribution in [-0.4, -0.2) is 17.5 Å². The maximum atomic E-state index is 9.07. The van der Waals surface area contributed by atoms with Gasteiger partial charge in [-0.1, -0.05) is 30.3 Å². The van der Waals surface area contributed by atoms with Gasteiger partial charge in [0.2, 0.25) is 0 Å². The van der Waals surface area contributed by atoms with E-state index in [1.807, 2.05) is 49.4 Å². The summed E-state index contributed by atoms with van der Waals surface area (Å²) in [7, 11) is 0. The molecule has 0 N–H and O–H groups in total. The maximum absolute atomic E-state index is 9.07. The zero-order chi connectivity index (χ0) is 13.0. The van der Waals surface area contributed by atoms with Crippen LogP contribution in [0.15, 0.2) is 40.3 Å². The van der Waals surface area contributed by atoms with E-state index in [1.54, 1.807) is 0 Å². The Kier molecular flexibility index (Phi) is 3.50. The Morgan fingerprint density at radius 2 is 1.89 bits per heavy atom. The van der Waals surface area contributed by atoms with Gasteiger partial charge in [-0.05, 0) is 12.5 Å². The fourth-order valence-electron chi connectivity index (χ4n) is 1.95. The summed E-state index contributed by atoms with van der Waals surface area (Å²) in [4.78, 5) is 8.61. The van der Waals surface area contributed by atoms with E-state index in [0.29, 0.717) is 6.42 Å². The summed E-state index contributed by atoms with van der Waals surface area (Å²) in [6.07, 6.45) is 0.646. The summed E-state index contributed by atoms with van der Waals surface area (Å²) >= 11 is 0. The van der Waals surface area contributed by atoms with Gasteiger partial charge in [-0.2, -0.15) is 10.5 Å². The van der Waals surface area contributed by atoms with Gasteiger partial charge in [-0.15, -0.1) is 0 Å². The first-order valence-electron chi connectivity index (χ1n) is 5.70. The molecular formula is C14H12N4. The predicted octanol–water partition coefficient (Wildman–Crippen LogP) is 2.45. The Labute approximate surface area is 106 Å². The number of aliphatic imine (C=N–C) groups is 2. The van der Waals surface area contributed by atoms with Crippen molar-refractivity contribution in [1.29, 1.82) is 10.5 Å². The molecule has 0 spiro atoms. The number of hydrogen-bond acceptors (Lipinski definition) is 4. The molecule has 0 bridgehead atoms. The number of rotatable bonds is 1. The number of nitriles is 2. The average molecular weight is 236 g/mol. The van der Waals surface area contributed by atoms with Gasteiger partial charge in [-0.3, -0.25) is 9.98 Å². The lowest BCUT2D eigenvalue weighted by Crippen LogP contribution is -2.14. The molecule has 1 aromatic carbocycles. The van der Waals surface area contributed by atoms with Crippen LogP contribution in [0.4, 0.5) is 0 Å². The Hall–Kier alpha value is -2.46. The minimum Gasteiger partial charge on any atom is -0.268 e. The van der Waals surface area contributed by atoms with Gasteiger partial charge in [0.15, 0.2) is 11.8 Å². The van der Waals surface area contributed by atoms with Crippen LogP contribution in [0, 0.1) is 22.7 Å². The second kappa shape index (κ2) is 5.25. The Morgan fingerprint density at radius 1 is 1.17 bits per heavy atom. The van der Waals surface area contributed by atoms with Crippen molar-refractivity contribution in [3.8, 4) is 12.1 Å². The summed E-state index contributed by atoms with van der Waals surface area (Å²) in [6, 6.07) is 12.9. The summed E-state index contributed by atoms with van der Waals surface area (Å²) < 4.78 is 0. The van der Waals surface area contributed by atoms with Gasteiger partial charge >= 0.3 is 0 Å². The lowest BCUT2D eigenvalue weighted by molar-refractivity contribution is 0.769. The average Bonchev–Trinajstić information content (AvgIpc) is 2.58. The van der Waals surface area contributed by atoms with E-state index in [0.717, 1.165) is 11.3 Å². The first kappa shape index (κ1) is 12.0. The molecule has 0 radical (unpaired) electrons. The third kappa shape index (κ3) is 2.44. The summed E-state index contributed by atoms with van der Waals surface area (Å²) in [6.45, 7) is 1.87. The third-order valence-electron chi connectivity index (χ3n) is 2.81. The van der Waals surface area contributed by atoms with Crippen LogP contribution in [0.1, 0.15) is 24.9 Å². The molecule has 1 heterocycles. The van der Waals surface area contributed by atoms with E-state index in [4.69, 9.17) is 10.5 Å². The van der Waals surface area contributed by atoms with Crippen molar-refractivity contribution < 1.29 is 0 Å². The second-order valence-electron chi connectivity index (χ2n) is 4.15. The van der Waals surface area contributed by atoms with Crippen molar-refractivity contribution in [2.24, 2.45) is 9.98 Å². The zero-order valence-electron chi connectivity index (χ0n) is 10.0. The van der Waals surface area contributed by atoms with Crippen LogP contribution >= 0.6 is 0 Å². The molecule has 0 aliphatic carbocycles. The van der Waals surface area contributed by atoms with E-state index in [-0.39, 0.29) is 11.8 Å². The topological polar surface area (TPSA) is 72.3 Å². The largest absolute Gasteiger partial charge is 0.268 e. The number of nitrogens with zero attached hydrogens (tertiary/aromatic N) is 4. The fourth-order valence-corrected chi connectivity index (χ4v) is 1.95. The molecule has 88 valence electrons. The highest BCUT2D eigenvalue weighted by Gasteiger charge is 2.22. The molecule has 1 aliphatic heterocycles. The molecule has 2 atom stereocenters. The Bertz CT molecular complexity index is 572. The van der Waals surface area contributed by atoms with Gasteiger partial charge in [0.1, 0.15) is 6.07 Å². The van der Waals surface area contributed by atoms with E-state index in [9.17, 15) is 0 Å². The molecule has 4 heteroatoms. The molecule has 0 amide bonds. The lowest BCUT2D eigenvalue weighted by atomic mass is 10.0. The molecule has 2 rings (SSSR count). The fraction of sp³-hybridized carbons (Fsp3) is 0.286. The lowest BCUT2D eigenvalue weighted by Gasteiger charge is -2.10. The summed E-state index contributed by atoms with van der Waals surface area (Å²) in [5, 5.41) is 18.1. The van der Waals surface area contributed by atoms with E-state index in [2.05, 4.69) is 9.98 Å². The number of benzene rings is 1. The molecule has 0 unspecified atom stereocenters. The first-order valence-corrected chi connectivity index (χ1v) is 5.70. The van der Waals surface area contributed by atoms with Gasteiger partial charge in [-0.25, -0.2) is 0 Å². The van der Waals surface area contributed by atoms with E-state index >= 15 is 0 Å². The molecule has 1 aromatic rings. The standard InChI is InChI=1S/C14H12N4/c1-10-7-12(11-5-3-2-4-6-11)18-14(9-16)13(8-15)17-10/h2-6,12-13H,7H2,1H3/t12-,13-/m1/s1. The van der Waals surface area contributed by atoms with E-state index < -0.39 is 6.04 Å².